The predicted octanol–water partition coefficient (Wildman–Crippen LogP) is 18.9. The van der Waals surface area contributed by atoms with E-state index in [1.807, 2.05) is 6.08 Å². The Morgan fingerprint density at radius 1 is 0.379 bits per heavy atom. The maximum Gasteiger partial charge on any atom is 0.220 e. The van der Waals surface area contributed by atoms with E-state index in [-0.39, 0.29) is 12.5 Å². The maximum atomic E-state index is 12.5. The molecule has 0 saturated carbocycles. The number of hydrogen-bond donors (Lipinski definition) is 3. The molecule has 66 heavy (non-hydrogen) atoms. The van der Waals surface area contributed by atoms with Crippen LogP contribution >= 0.6 is 0 Å². The number of hydrogen-bond acceptors (Lipinski definition) is 3. The molecule has 380 valence electrons. The molecule has 4 nitrogen and oxygen atoms in total. The van der Waals surface area contributed by atoms with Crippen LogP contribution in [0.2, 0.25) is 0 Å². The van der Waals surface area contributed by atoms with E-state index in [1.165, 1.54) is 180 Å². The Morgan fingerprint density at radius 2 is 0.667 bits per heavy atom. The molecule has 0 rings (SSSR count). The fraction of sp³-hybridized carbons (Fsp3) is 0.726. The summed E-state index contributed by atoms with van der Waals surface area (Å²) in [6, 6.07) is -0.633. The summed E-state index contributed by atoms with van der Waals surface area (Å²) in [6.07, 6.45) is 84.2. The van der Waals surface area contributed by atoms with Crippen molar-refractivity contribution in [3.05, 3.63) is 97.2 Å². The highest BCUT2D eigenvalue weighted by molar-refractivity contribution is 5.76. The van der Waals surface area contributed by atoms with Gasteiger partial charge in [-0.05, 0) is 77.0 Å². The van der Waals surface area contributed by atoms with Crippen LogP contribution in [0.15, 0.2) is 97.2 Å². The highest BCUT2D eigenvalue weighted by Crippen LogP contribution is 2.16. The topological polar surface area (TPSA) is 69.6 Å². The molecule has 0 aliphatic rings. The number of carbonyl (C=O) groups is 1. The van der Waals surface area contributed by atoms with Crippen molar-refractivity contribution in [3.63, 3.8) is 0 Å². The number of nitrogens with one attached hydrogen (secondary N) is 1. The van der Waals surface area contributed by atoms with Gasteiger partial charge in [-0.15, -0.1) is 0 Å². The van der Waals surface area contributed by atoms with Crippen LogP contribution in [-0.4, -0.2) is 34.9 Å². The van der Waals surface area contributed by atoms with Gasteiger partial charge in [0.2, 0.25) is 5.91 Å². The summed E-state index contributed by atoms with van der Waals surface area (Å²) in [5, 5.41) is 23.2. The first-order valence-corrected chi connectivity index (χ1v) is 28.5. The number of allylic oxidation sites excluding steroid dienone is 15. The zero-order valence-corrected chi connectivity index (χ0v) is 43.7. The zero-order chi connectivity index (χ0) is 47.7. The lowest BCUT2D eigenvalue weighted by atomic mass is 10.0. The lowest BCUT2D eigenvalue weighted by Gasteiger charge is -2.20. The highest BCUT2D eigenvalue weighted by Gasteiger charge is 2.18. The summed E-state index contributed by atoms with van der Waals surface area (Å²) in [7, 11) is 0. The molecule has 0 fully saturated rings. The number of unbranched alkanes of at least 4 members (excludes halogenated alkanes) is 30. The monoisotopic (exact) mass is 916 g/mol. The summed E-state index contributed by atoms with van der Waals surface area (Å²) in [5.41, 5.74) is 0. The van der Waals surface area contributed by atoms with Gasteiger partial charge in [0.1, 0.15) is 0 Å². The molecule has 0 heterocycles. The molecule has 0 bridgehead atoms. The van der Waals surface area contributed by atoms with E-state index < -0.39 is 12.1 Å². The quantitative estimate of drug-likeness (QED) is 0.0421. The van der Waals surface area contributed by atoms with Gasteiger partial charge in [-0.25, -0.2) is 0 Å². The standard InChI is InChI=1S/C62H109NO3/c1-3-5-7-9-11-13-15-17-19-21-23-25-27-28-29-30-31-32-33-34-36-38-40-42-44-46-48-50-52-54-56-58-62(66)63-60(59-64)61(65)57-55-53-51-49-47-45-43-41-39-37-35-26-24-22-20-18-16-14-12-10-8-6-4-2/h5,7,11,13,17,19,23,25,28-29,31-32,34,36,55,57,60-61,64-65H,3-4,6,8-10,12,14-16,18,20-22,24,26-27,30,33,35,37-54,56,58-59H2,1-2H3,(H,63,66)/b7-5-,13-11-,19-17-,25-23-,29-28-,32-31-,36-34-,57-55+. The number of rotatable bonds is 51. The molecule has 0 saturated heterocycles. The summed E-state index contributed by atoms with van der Waals surface area (Å²) in [4.78, 5) is 12.5. The van der Waals surface area contributed by atoms with Gasteiger partial charge in [0, 0.05) is 6.42 Å². The fourth-order valence-corrected chi connectivity index (χ4v) is 8.28. The largest absolute Gasteiger partial charge is 0.394 e. The van der Waals surface area contributed by atoms with Crippen molar-refractivity contribution < 1.29 is 15.0 Å². The van der Waals surface area contributed by atoms with Gasteiger partial charge in [-0.1, -0.05) is 284 Å². The van der Waals surface area contributed by atoms with Gasteiger partial charge in [-0.2, -0.15) is 0 Å². The van der Waals surface area contributed by atoms with Crippen LogP contribution in [0.1, 0.15) is 271 Å². The third-order valence-electron chi connectivity index (χ3n) is 12.6. The number of aliphatic hydroxyl groups is 2. The van der Waals surface area contributed by atoms with E-state index in [1.54, 1.807) is 6.08 Å². The zero-order valence-electron chi connectivity index (χ0n) is 43.7. The average Bonchev–Trinajstić information content (AvgIpc) is 3.32. The van der Waals surface area contributed by atoms with Crippen LogP contribution in [-0.2, 0) is 4.79 Å². The molecular formula is C62H109NO3. The molecule has 3 N–H and O–H groups in total. The Labute approximate surface area is 411 Å². The summed E-state index contributed by atoms with van der Waals surface area (Å²) >= 11 is 0. The van der Waals surface area contributed by atoms with Crippen LogP contribution < -0.4 is 5.32 Å². The van der Waals surface area contributed by atoms with Crippen molar-refractivity contribution >= 4 is 5.91 Å². The van der Waals surface area contributed by atoms with Crippen molar-refractivity contribution in [3.8, 4) is 0 Å². The Bertz CT molecular complexity index is 1220. The van der Waals surface area contributed by atoms with E-state index in [9.17, 15) is 15.0 Å². The van der Waals surface area contributed by atoms with Crippen LogP contribution in [0.4, 0.5) is 0 Å². The number of carbonyl (C=O) groups excluding carboxylic acids is 1. The summed E-state index contributed by atoms with van der Waals surface area (Å²) < 4.78 is 0. The first-order valence-electron chi connectivity index (χ1n) is 28.5. The second-order valence-electron chi connectivity index (χ2n) is 19.0. The fourth-order valence-electron chi connectivity index (χ4n) is 8.28. The van der Waals surface area contributed by atoms with Crippen LogP contribution in [0.5, 0.6) is 0 Å². The lowest BCUT2D eigenvalue weighted by Crippen LogP contribution is -2.45. The summed E-state index contributed by atoms with van der Waals surface area (Å²) in [5.74, 6) is -0.0720. The molecule has 2 unspecified atom stereocenters. The molecule has 0 aromatic rings. The molecule has 0 aromatic carbocycles. The Hall–Kier alpha value is -2.69. The van der Waals surface area contributed by atoms with Gasteiger partial charge in [-0.3, -0.25) is 4.79 Å². The highest BCUT2D eigenvalue weighted by atomic mass is 16.3. The normalized spacial score (nSPS) is 13.6. The van der Waals surface area contributed by atoms with Crippen molar-refractivity contribution in [1.29, 1.82) is 0 Å². The van der Waals surface area contributed by atoms with Crippen molar-refractivity contribution in [2.75, 3.05) is 6.61 Å². The smallest absolute Gasteiger partial charge is 0.220 e. The molecule has 0 aliphatic heterocycles. The van der Waals surface area contributed by atoms with Gasteiger partial charge in [0.15, 0.2) is 0 Å². The molecule has 0 spiro atoms. The summed E-state index contributed by atoms with van der Waals surface area (Å²) in [6.45, 7) is 4.21. The second kappa shape index (κ2) is 56.6. The van der Waals surface area contributed by atoms with Crippen LogP contribution in [0, 0.1) is 0 Å². The van der Waals surface area contributed by atoms with Gasteiger partial charge < -0.3 is 15.5 Å². The van der Waals surface area contributed by atoms with Crippen molar-refractivity contribution in [2.24, 2.45) is 0 Å². The Balaban J connectivity index is 3.58. The molecule has 2 atom stereocenters. The predicted molar refractivity (Wildman–Crippen MR) is 294 cm³/mol. The molecule has 0 radical (unpaired) electrons. The van der Waals surface area contributed by atoms with Gasteiger partial charge in [0.05, 0.1) is 18.8 Å². The minimum atomic E-state index is -0.849. The Kier molecular flexibility index (Phi) is 54.3. The SMILES string of the molecule is CC/C=C\C/C=C\C/C=C\C/C=C\C/C=C\C/C=C\C/C=C\CCCCCCCCCCCC(=O)NC(CO)C(O)/C=C/CCCCCCCCCCCCCCCCCCCCCCC. The molecule has 4 heteroatoms. The molecular weight excluding hydrogens is 807 g/mol. The van der Waals surface area contributed by atoms with E-state index >= 15 is 0 Å². The first-order chi connectivity index (χ1) is 32.7. The molecule has 0 aliphatic carbocycles. The Morgan fingerprint density at radius 3 is 1.00 bits per heavy atom. The molecule has 0 aromatic heterocycles. The number of aliphatic hydroxyl groups excluding tert-OH is 2. The van der Waals surface area contributed by atoms with E-state index in [0.717, 1.165) is 70.6 Å². The maximum absolute atomic E-state index is 12.5. The van der Waals surface area contributed by atoms with Gasteiger partial charge >= 0.3 is 0 Å². The van der Waals surface area contributed by atoms with Crippen LogP contribution in [0.3, 0.4) is 0 Å². The average molecular weight is 917 g/mol. The minimum Gasteiger partial charge on any atom is -0.394 e. The van der Waals surface area contributed by atoms with E-state index in [4.69, 9.17) is 0 Å². The van der Waals surface area contributed by atoms with E-state index in [2.05, 4.69) is 104 Å². The minimum absolute atomic E-state index is 0.0720. The third-order valence-corrected chi connectivity index (χ3v) is 12.6. The number of amides is 1. The first kappa shape index (κ1) is 63.3. The third kappa shape index (κ3) is 52.3. The lowest BCUT2D eigenvalue weighted by molar-refractivity contribution is -0.123. The van der Waals surface area contributed by atoms with Crippen molar-refractivity contribution in [2.45, 2.75) is 283 Å². The second-order valence-corrected chi connectivity index (χ2v) is 19.0. The van der Waals surface area contributed by atoms with Gasteiger partial charge in [0.25, 0.3) is 0 Å². The van der Waals surface area contributed by atoms with E-state index in [0.29, 0.717) is 6.42 Å². The van der Waals surface area contributed by atoms with Crippen molar-refractivity contribution in [1.82, 2.24) is 5.32 Å². The molecule has 1 amide bonds. The van der Waals surface area contributed by atoms with Crippen LogP contribution in [0.25, 0.3) is 0 Å².